The highest BCUT2D eigenvalue weighted by Crippen LogP contribution is 1.89. The first-order valence-electron chi connectivity index (χ1n) is 4.11. The van der Waals surface area contributed by atoms with E-state index in [1.165, 1.54) is 0 Å². The number of hydrogen-bond acceptors (Lipinski definition) is 2. The van der Waals surface area contributed by atoms with Crippen LogP contribution < -0.4 is 11.1 Å². The number of hydrogen-bond donors (Lipinski definition) is 2. The fourth-order valence-corrected chi connectivity index (χ4v) is 0.621. The SMILES string of the molecule is CCC(N)C(=O)NCC(C)C. The van der Waals surface area contributed by atoms with Crippen LogP contribution in [0.2, 0.25) is 0 Å². The monoisotopic (exact) mass is 158 g/mol. The Labute approximate surface area is 68.3 Å². The maximum atomic E-state index is 11.0. The molecule has 1 amide bonds. The van der Waals surface area contributed by atoms with Crippen molar-refractivity contribution in [1.29, 1.82) is 0 Å². The van der Waals surface area contributed by atoms with E-state index in [1.54, 1.807) is 0 Å². The molecular weight excluding hydrogens is 140 g/mol. The number of nitrogens with one attached hydrogen (secondary N) is 1. The Bertz CT molecular complexity index is 123. The summed E-state index contributed by atoms with van der Waals surface area (Å²) in [4.78, 5) is 11.0. The largest absolute Gasteiger partial charge is 0.354 e. The molecular formula is C8H18N2O. The molecule has 11 heavy (non-hydrogen) atoms. The Morgan fingerprint density at radius 2 is 2.09 bits per heavy atom. The first kappa shape index (κ1) is 10.4. The van der Waals surface area contributed by atoms with Crippen molar-refractivity contribution in [3.8, 4) is 0 Å². The van der Waals surface area contributed by atoms with E-state index in [-0.39, 0.29) is 11.9 Å². The molecule has 0 saturated heterocycles. The van der Waals surface area contributed by atoms with E-state index in [2.05, 4.69) is 19.2 Å². The van der Waals surface area contributed by atoms with E-state index in [4.69, 9.17) is 5.73 Å². The van der Waals surface area contributed by atoms with Gasteiger partial charge in [-0.2, -0.15) is 0 Å². The number of rotatable bonds is 4. The summed E-state index contributed by atoms with van der Waals surface area (Å²) in [6, 6.07) is -0.339. The van der Waals surface area contributed by atoms with Crippen LogP contribution in [0.3, 0.4) is 0 Å². The van der Waals surface area contributed by atoms with Gasteiger partial charge in [-0.3, -0.25) is 4.79 Å². The molecule has 3 heteroatoms. The second-order valence-electron chi connectivity index (χ2n) is 3.15. The van der Waals surface area contributed by atoms with Crippen LogP contribution in [0.25, 0.3) is 0 Å². The molecule has 0 aromatic carbocycles. The van der Waals surface area contributed by atoms with Crippen molar-refractivity contribution in [3.05, 3.63) is 0 Å². The van der Waals surface area contributed by atoms with Crippen LogP contribution in [-0.2, 0) is 4.79 Å². The van der Waals surface area contributed by atoms with Gasteiger partial charge in [0.25, 0.3) is 0 Å². The predicted octanol–water partition coefficient (Wildman–Crippen LogP) is 0.496. The van der Waals surface area contributed by atoms with E-state index in [0.717, 1.165) is 0 Å². The van der Waals surface area contributed by atoms with Crippen LogP contribution >= 0.6 is 0 Å². The first-order valence-corrected chi connectivity index (χ1v) is 4.11. The molecule has 0 aliphatic rings. The topological polar surface area (TPSA) is 55.1 Å². The molecule has 0 bridgehead atoms. The van der Waals surface area contributed by atoms with Crippen LogP contribution in [0.5, 0.6) is 0 Å². The minimum Gasteiger partial charge on any atom is -0.354 e. The minimum absolute atomic E-state index is 0.0406. The normalized spacial score (nSPS) is 13.2. The van der Waals surface area contributed by atoms with Gasteiger partial charge in [0.2, 0.25) is 5.91 Å². The average molecular weight is 158 g/mol. The van der Waals surface area contributed by atoms with Gasteiger partial charge in [-0.1, -0.05) is 20.8 Å². The summed E-state index contributed by atoms with van der Waals surface area (Å²) in [5.74, 6) is 0.448. The van der Waals surface area contributed by atoms with E-state index < -0.39 is 0 Å². The highest BCUT2D eigenvalue weighted by Gasteiger charge is 2.09. The molecule has 3 nitrogen and oxygen atoms in total. The Kier molecular flexibility index (Phi) is 4.86. The van der Waals surface area contributed by atoms with Gasteiger partial charge in [-0.05, 0) is 12.3 Å². The maximum absolute atomic E-state index is 11.0. The Balaban J connectivity index is 3.52. The summed E-state index contributed by atoms with van der Waals surface area (Å²) in [6.45, 7) is 6.72. The standard InChI is InChI=1S/C8H18N2O/c1-4-7(9)8(11)10-5-6(2)3/h6-7H,4-5,9H2,1-3H3,(H,10,11). The lowest BCUT2D eigenvalue weighted by atomic mass is 10.2. The summed E-state index contributed by atoms with van der Waals surface area (Å²) in [5, 5.41) is 2.77. The summed E-state index contributed by atoms with van der Waals surface area (Å²) in [7, 11) is 0. The van der Waals surface area contributed by atoms with Gasteiger partial charge in [0.1, 0.15) is 0 Å². The van der Waals surface area contributed by atoms with Crippen molar-refractivity contribution in [1.82, 2.24) is 5.32 Å². The summed E-state index contributed by atoms with van der Waals surface area (Å²) in [5.41, 5.74) is 5.49. The Hall–Kier alpha value is -0.570. The van der Waals surface area contributed by atoms with Crippen LogP contribution in [-0.4, -0.2) is 18.5 Å². The number of carbonyl (C=O) groups excluding carboxylic acids is 1. The Morgan fingerprint density at radius 1 is 1.55 bits per heavy atom. The van der Waals surface area contributed by atoms with Gasteiger partial charge in [0.05, 0.1) is 6.04 Å². The zero-order valence-electron chi connectivity index (χ0n) is 7.55. The maximum Gasteiger partial charge on any atom is 0.236 e. The lowest BCUT2D eigenvalue weighted by Crippen LogP contribution is -2.41. The van der Waals surface area contributed by atoms with E-state index in [9.17, 15) is 4.79 Å². The van der Waals surface area contributed by atoms with Crippen LogP contribution in [0.1, 0.15) is 27.2 Å². The van der Waals surface area contributed by atoms with Crippen LogP contribution in [0.4, 0.5) is 0 Å². The first-order chi connectivity index (χ1) is 5.07. The molecule has 0 aromatic heterocycles. The average Bonchev–Trinajstić information content (AvgIpc) is 1.98. The van der Waals surface area contributed by atoms with Crippen molar-refractivity contribution < 1.29 is 4.79 Å². The fourth-order valence-electron chi connectivity index (χ4n) is 0.621. The van der Waals surface area contributed by atoms with Crippen LogP contribution in [0.15, 0.2) is 0 Å². The van der Waals surface area contributed by atoms with E-state index in [0.29, 0.717) is 18.9 Å². The molecule has 0 aliphatic heterocycles. The zero-order chi connectivity index (χ0) is 8.85. The summed E-state index contributed by atoms with van der Waals surface area (Å²) >= 11 is 0. The van der Waals surface area contributed by atoms with Crippen LogP contribution in [0, 0.1) is 5.92 Å². The molecule has 1 unspecified atom stereocenters. The molecule has 3 N–H and O–H groups in total. The molecule has 0 spiro atoms. The van der Waals surface area contributed by atoms with Crippen molar-refractivity contribution in [2.45, 2.75) is 33.2 Å². The van der Waals surface area contributed by atoms with Gasteiger partial charge >= 0.3 is 0 Å². The number of nitrogens with two attached hydrogens (primary N) is 1. The van der Waals surface area contributed by atoms with E-state index in [1.807, 2.05) is 6.92 Å². The summed E-state index contributed by atoms with van der Waals surface area (Å²) in [6.07, 6.45) is 0.698. The smallest absolute Gasteiger partial charge is 0.236 e. The molecule has 0 radical (unpaired) electrons. The number of amides is 1. The van der Waals surface area contributed by atoms with Gasteiger partial charge in [-0.15, -0.1) is 0 Å². The van der Waals surface area contributed by atoms with Crippen molar-refractivity contribution >= 4 is 5.91 Å². The minimum atomic E-state index is -0.339. The number of carbonyl (C=O) groups is 1. The molecule has 0 rings (SSSR count). The lowest BCUT2D eigenvalue weighted by molar-refractivity contribution is -0.122. The quantitative estimate of drug-likeness (QED) is 0.626. The zero-order valence-corrected chi connectivity index (χ0v) is 7.55. The van der Waals surface area contributed by atoms with Gasteiger partial charge < -0.3 is 11.1 Å². The predicted molar refractivity (Wildman–Crippen MR) is 46.1 cm³/mol. The molecule has 0 aromatic rings. The molecule has 0 aliphatic carbocycles. The third kappa shape index (κ3) is 4.79. The van der Waals surface area contributed by atoms with Crippen molar-refractivity contribution in [3.63, 3.8) is 0 Å². The van der Waals surface area contributed by atoms with Crippen molar-refractivity contribution in [2.24, 2.45) is 11.7 Å². The Morgan fingerprint density at radius 3 is 2.45 bits per heavy atom. The van der Waals surface area contributed by atoms with Gasteiger partial charge in [0.15, 0.2) is 0 Å². The lowest BCUT2D eigenvalue weighted by Gasteiger charge is -2.11. The molecule has 66 valence electrons. The molecule has 0 fully saturated rings. The molecule has 0 heterocycles. The van der Waals surface area contributed by atoms with Crippen molar-refractivity contribution in [2.75, 3.05) is 6.54 Å². The third-order valence-corrected chi connectivity index (χ3v) is 1.46. The molecule has 0 saturated carbocycles. The third-order valence-electron chi connectivity index (χ3n) is 1.46. The van der Waals surface area contributed by atoms with E-state index >= 15 is 0 Å². The molecule has 1 atom stereocenters. The van der Waals surface area contributed by atoms with Gasteiger partial charge in [0, 0.05) is 6.54 Å². The highest BCUT2D eigenvalue weighted by atomic mass is 16.2. The highest BCUT2D eigenvalue weighted by molar-refractivity contribution is 5.81. The second kappa shape index (κ2) is 5.13. The van der Waals surface area contributed by atoms with Gasteiger partial charge in [-0.25, -0.2) is 0 Å². The summed E-state index contributed by atoms with van der Waals surface area (Å²) < 4.78 is 0. The fraction of sp³-hybridized carbons (Fsp3) is 0.875. The second-order valence-corrected chi connectivity index (χ2v) is 3.15.